The van der Waals surface area contributed by atoms with E-state index in [1.165, 1.54) is 16.2 Å². The molecule has 2 N–H and O–H groups in total. The Morgan fingerprint density at radius 3 is 2.09 bits per heavy atom. The minimum atomic E-state index is -1.28. The Kier molecular flexibility index (Phi) is 5.35. The van der Waals surface area contributed by atoms with Crippen molar-refractivity contribution in [2.24, 2.45) is 0 Å². The fourth-order valence-electron chi connectivity index (χ4n) is 3.92. The number of carbonyl (C=O) groups excluding carboxylic acids is 2. The number of aromatic nitrogens is 2. The largest absolute Gasteiger partial charge is 0.330 e. The third kappa shape index (κ3) is 3.85. The van der Waals surface area contributed by atoms with E-state index in [-0.39, 0.29) is 12.5 Å². The number of imide groups is 1. The first-order chi connectivity index (χ1) is 16.1. The van der Waals surface area contributed by atoms with Gasteiger partial charge < -0.3 is 10.6 Å². The molecule has 4 aromatic rings. The fourth-order valence-corrected chi connectivity index (χ4v) is 4.67. The molecular formula is C25H21N5O2S. The number of hydrogen-bond donors (Lipinski definition) is 2. The first kappa shape index (κ1) is 20.8. The number of aryl methyl sites for hydroxylation is 1. The molecule has 0 spiro atoms. The van der Waals surface area contributed by atoms with E-state index in [1.54, 1.807) is 0 Å². The van der Waals surface area contributed by atoms with Crippen LogP contribution in [0.15, 0.2) is 84.9 Å². The van der Waals surface area contributed by atoms with Gasteiger partial charge in [-0.05, 0) is 30.2 Å². The average Bonchev–Trinajstić information content (AvgIpc) is 3.39. The number of hydrogen-bond acceptors (Lipinski definition) is 6. The van der Waals surface area contributed by atoms with Gasteiger partial charge in [0.05, 0.1) is 6.54 Å². The van der Waals surface area contributed by atoms with Gasteiger partial charge in [0.1, 0.15) is 5.01 Å². The van der Waals surface area contributed by atoms with E-state index in [2.05, 4.69) is 20.8 Å². The maximum absolute atomic E-state index is 13.8. The Hall–Kier alpha value is -4.04. The van der Waals surface area contributed by atoms with Gasteiger partial charge in [0, 0.05) is 5.69 Å². The van der Waals surface area contributed by atoms with E-state index in [9.17, 15) is 9.59 Å². The summed E-state index contributed by atoms with van der Waals surface area (Å²) in [6.07, 6.45) is 0. The van der Waals surface area contributed by atoms with Gasteiger partial charge >= 0.3 is 6.03 Å². The van der Waals surface area contributed by atoms with Gasteiger partial charge in [-0.3, -0.25) is 9.69 Å². The van der Waals surface area contributed by atoms with Crippen LogP contribution in [0.1, 0.15) is 21.7 Å². The molecule has 5 rings (SSSR count). The average molecular weight is 456 g/mol. The van der Waals surface area contributed by atoms with Crippen molar-refractivity contribution in [3.8, 4) is 0 Å². The van der Waals surface area contributed by atoms with Crippen molar-refractivity contribution < 1.29 is 9.59 Å². The first-order valence-corrected chi connectivity index (χ1v) is 11.3. The lowest BCUT2D eigenvalue weighted by molar-refractivity contribution is -0.130. The van der Waals surface area contributed by atoms with Crippen LogP contribution in [0.5, 0.6) is 0 Å². The standard InChI is InChI=1S/C25H21N5O2S/c1-17-12-14-20(15-13-17)26-23-29-28-21(33-23)16-30-22(31)25(27-24(30)32,18-8-4-2-5-9-18)19-10-6-3-7-11-19/h2-15H,16H2,1H3,(H,26,29)(H,27,32). The van der Waals surface area contributed by atoms with Crippen LogP contribution >= 0.6 is 11.3 Å². The zero-order valence-corrected chi connectivity index (χ0v) is 18.7. The van der Waals surface area contributed by atoms with Crippen molar-refractivity contribution in [3.05, 3.63) is 107 Å². The lowest BCUT2D eigenvalue weighted by Gasteiger charge is -2.27. The molecule has 1 fully saturated rings. The van der Waals surface area contributed by atoms with Gasteiger partial charge in [-0.2, -0.15) is 0 Å². The van der Waals surface area contributed by atoms with Crippen LogP contribution < -0.4 is 10.6 Å². The summed E-state index contributed by atoms with van der Waals surface area (Å²) in [7, 11) is 0. The molecule has 0 aliphatic carbocycles. The van der Waals surface area contributed by atoms with Crippen LogP contribution in [-0.4, -0.2) is 27.0 Å². The molecule has 0 atom stereocenters. The molecule has 1 aliphatic rings. The van der Waals surface area contributed by atoms with Gasteiger partial charge in [0.25, 0.3) is 5.91 Å². The Balaban J connectivity index is 1.42. The van der Waals surface area contributed by atoms with E-state index in [1.807, 2.05) is 91.9 Å². The van der Waals surface area contributed by atoms with Crippen molar-refractivity contribution >= 4 is 34.1 Å². The second-order valence-electron chi connectivity index (χ2n) is 7.80. The van der Waals surface area contributed by atoms with E-state index in [4.69, 9.17) is 0 Å². The van der Waals surface area contributed by atoms with Crippen molar-refractivity contribution in [3.63, 3.8) is 0 Å². The minimum absolute atomic E-state index is 0.0410. The monoisotopic (exact) mass is 455 g/mol. The van der Waals surface area contributed by atoms with Crippen molar-refractivity contribution in [1.29, 1.82) is 0 Å². The summed E-state index contributed by atoms with van der Waals surface area (Å²) in [4.78, 5) is 28.0. The SMILES string of the molecule is Cc1ccc(Nc2nnc(CN3C(=O)NC(c4ccccc4)(c4ccccc4)C3=O)s2)cc1. The van der Waals surface area contributed by atoms with Crippen molar-refractivity contribution in [2.45, 2.75) is 19.0 Å². The van der Waals surface area contributed by atoms with E-state index in [0.717, 1.165) is 11.3 Å². The molecular weight excluding hydrogens is 434 g/mol. The molecule has 8 heteroatoms. The number of nitrogens with one attached hydrogen (secondary N) is 2. The van der Waals surface area contributed by atoms with Gasteiger partial charge in [-0.25, -0.2) is 4.79 Å². The minimum Gasteiger partial charge on any atom is -0.330 e. The predicted molar refractivity (Wildman–Crippen MR) is 127 cm³/mol. The van der Waals surface area contributed by atoms with Crippen LogP contribution in [0.25, 0.3) is 0 Å². The van der Waals surface area contributed by atoms with E-state index >= 15 is 0 Å². The number of anilines is 2. The normalized spacial score (nSPS) is 14.9. The summed E-state index contributed by atoms with van der Waals surface area (Å²) in [5.74, 6) is -0.340. The van der Waals surface area contributed by atoms with Crippen LogP contribution in [0, 0.1) is 6.92 Å². The quantitative estimate of drug-likeness (QED) is 0.416. The van der Waals surface area contributed by atoms with E-state index < -0.39 is 11.6 Å². The lowest BCUT2D eigenvalue weighted by Crippen LogP contribution is -2.45. The maximum Gasteiger partial charge on any atom is 0.325 e. The molecule has 3 aromatic carbocycles. The number of carbonyl (C=O) groups is 2. The molecule has 0 unspecified atom stereocenters. The number of amides is 3. The van der Waals surface area contributed by atoms with Gasteiger partial charge in [0.2, 0.25) is 5.13 Å². The highest BCUT2D eigenvalue weighted by Gasteiger charge is 2.53. The summed E-state index contributed by atoms with van der Waals surface area (Å²) >= 11 is 1.31. The second-order valence-corrected chi connectivity index (χ2v) is 8.86. The number of urea groups is 1. The predicted octanol–water partition coefficient (Wildman–Crippen LogP) is 4.59. The van der Waals surface area contributed by atoms with Crippen LogP contribution in [0.3, 0.4) is 0 Å². The highest BCUT2D eigenvalue weighted by atomic mass is 32.1. The Morgan fingerprint density at radius 2 is 1.48 bits per heavy atom. The molecule has 1 aromatic heterocycles. The third-order valence-electron chi connectivity index (χ3n) is 5.58. The van der Waals surface area contributed by atoms with E-state index in [0.29, 0.717) is 21.3 Å². The third-order valence-corrected chi connectivity index (χ3v) is 6.41. The molecule has 1 saturated heterocycles. The molecule has 1 aliphatic heterocycles. The van der Waals surface area contributed by atoms with Crippen molar-refractivity contribution in [2.75, 3.05) is 5.32 Å². The molecule has 3 amide bonds. The highest BCUT2D eigenvalue weighted by molar-refractivity contribution is 7.15. The summed E-state index contributed by atoms with van der Waals surface area (Å²) in [6, 6.07) is 26.1. The summed E-state index contributed by atoms with van der Waals surface area (Å²) < 4.78 is 0. The van der Waals surface area contributed by atoms with Gasteiger partial charge in [-0.1, -0.05) is 89.7 Å². The Labute approximate surface area is 195 Å². The molecule has 7 nitrogen and oxygen atoms in total. The molecule has 0 saturated carbocycles. The molecule has 0 radical (unpaired) electrons. The Morgan fingerprint density at radius 1 is 0.879 bits per heavy atom. The van der Waals surface area contributed by atoms with Crippen LogP contribution in [0.2, 0.25) is 0 Å². The first-order valence-electron chi connectivity index (χ1n) is 10.5. The topological polar surface area (TPSA) is 87.2 Å². The molecule has 2 heterocycles. The van der Waals surface area contributed by atoms with Gasteiger partial charge in [0.15, 0.2) is 5.54 Å². The number of rotatable bonds is 6. The fraction of sp³-hybridized carbons (Fsp3) is 0.120. The molecule has 33 heavy (non-hydrogen) atoms. The zero-order chi connectivity index (χ0) is 22.8. The summed E-state index contributed by atoms with van der Waals surface area (Å²) in [6.45, 7) is 2.06. The molecule has 0 bridgehead atoms. The van der Waals surface area contributed by atoms with Crippen molar-refractivity contribution in [1.82, 2.24) is 20.4 Å². The van der Waals surface area contributed by atoms with Gasteiger partial charge in [-0.15, -0.1) is 10.2 Å². The zero-order valence-electron chi connectivity index (χ0n) is 17.9. The summed E-state index contributed by atoms with van der Waals surface area (Å²) in [5.41, 5.74) is 2.18. The maximum atomic E-state index is 13.8. The lowest BCUT2D eigenvalue weighted by atomic mass is 9.82. The number of nitrogens with zero attached hydrogens (tertiary/aromatic N) is 3. The Bertz CT molecular complexity index is 1250. The van der Waals surface area contributed by atoms with Crippen LogP contribution in [0.4, 0.5) is 15.6 Å². The smallest absolute Gasteiger partial charge is 0.325 e. The second kappa shape index (κ2) is 8.48. The molecule has 164 valence electrons. The number of benzene rings is 3. The summed E-state index contributed by atoms with van der Waals surface area (Å²) in [5, 5.41) is 15.7. The van der Waals surface area contributed by atoms with Crippen LogP contribution in [-0.2, 0) is 16.9 Å². The highest BCUT2D eigenvalue weighted by Crippen LogP contribution is 2.37.